The number of nitrogens with one attached hydrogen (secondary N) is 2. The van der Waals surface area contributed by atoms with Crippen molar-refractivity contribution in [1.82, 2.24) is 24.8 Å². The summed E-state index contributed by atoms with van der Waals surface area (Å²) in [4.78, 5) is 16.8. The summed E-state index contributed by atoms with van der Waals surface area (Å²) in [5.41, 5.74) is 0.889. The van der Waals surface area contributed by atoms with Gasteiger partial charge in [-0.3, -0.25) is 4.79 Å². The summed E-state index contributed by atoms with van der Waals surface area (Å²) in [5, 5.41) is 7.04. The second-order valence-electron chi connectivity index (χ2n) is 6.57. The molecular weight excluding hydrogens is 414 g/mol. The first kappa shape index (κ1) is 21.0. The standard InChI is InChI=1S/C19H20ClN5O3S/c1-13(2)24-29(27,28)15-4-5-17(20)16(11-15)19(26)22-12-14-6-8-21-18(10-14)25-9-3-7-23-25/h3-11,13,24H,12H2,1-2H3,(H,22,26). The first-order valence-electron chi connectivity index (χ1n) is 8.81. The van der Waals surface area contributed by atoms with Crippen molar-refractivity contribution in [3.05, 3.63) is 71.1 Å². The topological polar surface area (TPSA) is 106 Å². The average Bonchev–Trinajstić information content (AvgIpc) is 3.20. The van der Waals surface area contributed by atoms with E-state index < -0.39 is 15.9 Å². The SMILES string of the molecule is CC(C)NS(=O)(=O)c1ccc(Cl)c(C(=O)NCc2ccnc(-n3cccn3)c2)c1. The van der Waals surface area contributed by atoms with Crippen LogP contribution in [0.15, 0.2) is 59.9 Å². The molecule has 0 aliphatic carbocycles. The third-order valence-electron chi connectivity index (χ3n) is 3.89. The van der Waals surface area contributed by atoms with Gasteiger partial charge in [-0.1, -0.05) is 11.6 Å². The van der Waals surface area contributed by atoms with Gasteiger partial charge in [-0.05, 0) is 55.8 Å². The summed E-state index contributed by atoms with van der Waals surface area (Å²) < 4.78 is 28.8. The van der Waals surface area contributed by atoms with Crippen LogP contribution in [0.1, 0.15) is 29.8 Å². The maximum absolute atomic E-state index is 12.6. The van der Waals surface area contributed by atoms with E-state index in [4.69, 9.17) is 11.6 Å². The molecule has 0 aliphatic heterocycles. The number of rotatable bonds is 7. The fourth-order valence-electron chi connectivity index (χ4n) is 2.60. The Kier molecular flexibility index (Phi) is 6.31. The van der Waals surface area contributed by atoms with Gasteiger partial charge in [-0.2, -0.15) is 5.10 Å². The molecule has 1 amide bonds. The fraction of sp³-hybridized carbons (Fsp3) is 0.211. The van der Waals surface area contributed by atoms with E-state index in [-0.39, 0.29) is 28.1 Å². The van der Waals surface area contributed by atoms with Crippen LogP contribution in [0.25, 0.3) is 5.82 Å². The average molecular weight is 434 g/mol. The van der Waals surface area contributed by atoms with Gasteiger partial charge in [0.05, 0.1) is 15.5 Å². The molecule has 0 fully saturated rings. The molecule has 0 radical (unpaired) electrons. The van der Waals surface area contributed by atoms with Crippen LogP contribution in [0.2, 0.25) is 5.02 Å². The number of sulfonamides is 1. The van der Waals surface area contributed by atoms with Crippen molar-refractivity contribution < 1.29 is 13.2 Å². The van der Waals surface area contributed by atoms with Crippen LogP contribution >= 0.6 is 11.6 Å². The first-order valence-corrected chi connectivity index (χ1v) is 10.7. The molecule has 0 bridgehead atoms. The molecule has 0 atom stereocenters. The molecule has 3 rings (SSSR count). The van der Waals surface area contributed by atoms with Gasteiger partial charge in [-0.25, -0.2) is 22.8 Å². The van der Waals surface area contributed by atoms with Gasteiger partial charge in [0.15, 0.2) is 5.82 Å². The molecule has 2 N–H and O–H groups in total. The van der Waals surface area contributed by atoms with Crippen molar-refractivity contribution in [2.45, 2.75) is 31.3 Å². The number of pyridine rings is 1. The molecule has 0 unspecified atom stereocenters. The van der Waals surface area contributed by atoms with Crippen LogP contribution in [0.3, 0.4) is 0 Å². The van der Waals surface area contributed by atoms with Crippen molar-refractivity contribution in [1.29, 1.82) is 0 Å². The molecule has 1 aromatic carbocycles. The van der Waals surface area contributed by atoms with Crippen LogP contribution in [-0.2, 0) is 16.6 Å². The predicted octanol–water partition coefficient (Wildman–Crippen LogP) is 2.54. The zero-order valence-electron chi connectivity index (χ0n) is 15.8. The highest BCUT2D eigenvalue weighted by molar-refractivity contribution is 7.89. The van der Waals surface area contributed by atoms with Gasteiger partial charge in [0, 0.05) is 31.2 Å². The highest BCUT2D eigenvalue weighted by Gasteiger charge is 2.19. The zero-order chi connectivity index (χ0) is 21.0. The molecule has 0 aliphatic rings. The van der Waals surface area contributed by atoms with Crippen molar-refractivity contribution in [2.75, 3.05) is 0 Å². The van der Waals surface area contributed by atoms with E-state index in [1.807, 2.05) is 0 Å². The minimum atomic E-state index is -3.74. The quantitative estimate of drug-likeness (QED) is 0.595. The molecule has 0 spiro atoms. The van der Waals surface area contributed by atoms with Gasteiger partial charge in [0.1, 0.15) is 0 Å². The smallest absolute Gasteiger partial charge is 0.253 e. The highest BCUT2D eigenvalue weighted by Crippen LogP contribution is 2.21. The Morgan fingerprint density at radius 1 is 1.21 bits per heavy atom. The molecule has 2 heterocycles. The van der Waals surface area contributed by atoms with E-state index in [1.54, 1.807) is 55.3 Å². The fourth-order valence-corrected chi connectivity index (χ4v) is 4.08. The van der Waals surface area contributed by atoms with Gasteiger partial charge < -0.3 is 5.32 Å². The number of hydrogen-bond acceptors (Lipinski definition) is 5. The van der Waals surface area contributed by atoms with Gasteiger partial charge in [-0.15, -0.1) is 0 Å². The molecule has 0 saturated heterocycles. The molecule has 8 nitrogen and oxygen atoms in total. The number of carbonyl (C=O) groups is 1. The van der Waals surface area contributed by atoms with E-state index >= 15 is 0 Å². The van der Waals surface area contributed by atoms with Crippen molar-refractivity contribution in [2.24, 2.45) is 0 Å². The minimum Gasteiger partial charge on any atom is -0.348 e. The lowest BCUT2D eigenvalue weighted by atomic mass is 10.2. The summed E-state index contributed by atoms with van der Waals surface area (Å²) in [6, 6.07) is 9.10. The van der Waals surface area contributed by atoms with Gasteiger partial charge >= 0.3 is 0 Å². The number of carbonyl (C=O) groups excluding carboxylic acids is 1. The lowest BCUT2D eigenvalue weighted by Gasteiger charge is -2.12. The number of amides is 1. The largest absolute Gasteiger partial charge is 0.348 e. The van der Waals surface area contributed by atoms with E-state index in [2.05, 4.69) is 20.1 Å². The van der Waals surface area contributed by atoms with Crippen molar-refractivity contribution in [3.63, 3.8) is 0 Å². The van der Waals surface area contributed by atoms with Crippen molar-refractivity contribution >= 4 is 27.5 Å². The minimum absolute atomic E-state index is 0.0226. The first-order chi connectivity index (χ1) is 13.8. The number of hydrogen-bond donors (Lipinski definition) is 2. The normalized spacial score (nSPS) is 11.6. The Balaban J connectivity index is 1.76. The molecule has 0 saturated carbocycles. The summed E-state index contributed by atoms with van der Waals surface area (Å²) >= 11 is 6.12. The van der Waals surface area contributed by atoms with E-state index in [0.717, 1.165) is 5.56 Å². The van der Waals surface area contributed by atoms with Gasteiger partial charge in [0.25, 0.3) is 5.91 Å². The molecular formula is C19H20ClN5O3S. The molecule has 3 aromatic rings. The summed E-state index contributed by atoms with van der Waals surface area (Å²) in [6.07, 6.45) is 5.03. The van der Waals surface area contributed by atoms with E-state index in [1.165, 1.54) is 18.2 Å². The van der Waals surface area contributed by atoms with Crippen LogP contribution < -0.4 is 10.0 Å². The Labute approximate surface area is 174 Å². The second-order valence-corrected chi connectivity index (χ2v) is 8.69. The molecule has 2 aromatic heterocycles. The lowest BCUT2D eigenvalue weighted by molar-refractivity contribution is 0.0951. The third-order valence-corrected chi connectivity index (χ3v) is 5.87. The Morgan fingerprint density at radius 3 is 2.69 bits per heavy atom. The third kappa shape index (κ3) is 5.20. The highest BCUT2D eigenvalue weighted by atomic mass is 35.5. The summed E-state index contributed by atoms with van der Waals surface area (Å²) in [5.74, 6) is 0.140. The zero-order valence-corrected chi connectivity index (χ0v) is 17.4. The van der Waals surface area contributed by atoms with Crippen LogP contribution in [0.5, 0.6) is 0 Å². The monoisotopic (exact) mass is 433 g/mol. The van der Waals surface area contributed by atoms with Crippen LogP contribution in [0.4, 0.5) is 0 Å². The van der Waals surface area contributed by atoms with Crippen LogP contribution in [-0.4, -0.2) is 35.1 Å². The number of aromatic nitrogens is 3. The van der Waals surface area contributed by atoms with Crippen molar-refractivity contribution in [3.8, 4) is 5.82 Å². The van der Waals surface area contributed by atoms with Crippen LogP contribution in [0, 0.1) is 0 Å². The van der Waals surface area contributed by atoms with Gasteiger partial charge in [0.2, 0.25) is 10.0 Å². The summed E-state index contributed by atoms with van der Waals surface area (Å²) in [7, 11) is -3.74. The maximum Gasteiger partial charge on any atom is 0.253 e. The predicted molar refractivity (Wildman–Crippen MR) is 109 cm³/mol. The Bertz CT molecular complexity index is 1110. The second kappa shape index (κ2) is 8.73. The Morgan fingerprint density at radius 2 is 2.00 bits per heavy atom. The number of nitrogens with zero attached hydrogens (tertiary/aromatic N) is 3. The number of halogens is 1. The van der Waals surface area contributed by atoms with E-state index in [0.29, 0.717) is 5.82 Å². The molecule has 29 heavy (non-hydrogen) atoms. The Hall–Kier alpha value is -2.75. The number of benzene rings is 1. The lowest BCUT2D eigenvalue weighted by Crippen LogP contribution is -2.30. The van der Waals surface area contributed by atoms with E-state index in [9.17, 15) is 13.2 Å². The maximum atomic E-state index is 12.6. The molecule has 152 valence electrons. The summed E-state index contributed by atoms with van der Waals surface area (Å²) in [6.45, 7) is 3.65. The molecule has 10 heteroatoms.